The lowest BCUT2D eigenvalue weighted by atomic mass is 10.0. The fourth-order valence-corrected chi connectivity index (χ4v) is 3.68. The van der Waals surface area contributed by atoms with Crippen LogP contribution >= 0.6 is 8.58 Å². The van der Waals surface area contributed by atoms with E-state index in [9.17, 15) is 0 Å². The Morgan fingerprint density at radius 2 is 1.40 bits per heavy atom. The Balaban J connectivity index is 1.86. The molecule has 0 amide bonds. The molecule has 0 atom stereocenters. The minimum atomic E-state index is 0.924. The number of benzene rings is 1. The van der Waals surface area contributed by atoms with Crippen LogP contribution in [0.3, 0.4) is 0 Å². The summed E-state index contributed by atoms with van der Waals surface area (Å²) in [6, 6.07) is 11.0. The van der Waals surface area contributed by atoms with Gasteiger partial charge in [-0.3, -0.25) is 0 Å². The molecule has 0 saturated heterocycles. The minimum absolute atomic E-state index is 0.924. The van der Waals surface area contributed by atoms with Gasteiger partial charge in [0, 0.05) is 0 Å². The molecule has 81 valence electrons. The van der Waals surface area contributed by atoms with E-state index in [-0.39, 0.29) is 0 Å². The quantitative estimate of drug-likeness (QED) is 0.648. The molecule has 1 heteroatoms. The van der Waals surface area contributed by atoms with Crippen LogP contribution in [0.2, 0.25) is 0 Å². The van der Waals surface area contributed by atoms with Gasteiger partial charge in [-0.25, -0.2) is 0 Å². The van der Waals surface area contributed by atoms with Gasteiger partial charge >= 0.3 is 0 Å². The van der Waals surface area contributed by atoms with Gasteiger partial charge in [0.2, 0.25) is 0 Å². The van der Waals surface area contributed by atoms with Gasteiger partial charge in [0.15, 0.2) is 0 Å². The highest BCUT2D eigenvalue weighted by molar-refractivity contribution is 7.48. The van der Waals surface area contributed by atoms with Crippen molar-refractivity contribution in [3.8, 4) is 0 Å². The number of rotatable bonds is 2. The molecule has 0 heterocycles. The summed E-state index contributed by atoms with van der Waals surface area (Å²) in [4.78, 5) is 0. The second kappa shape index (κ2) is 6.28. The molecule has 1 aromatic rings. The summed E-state index contributed by atoms with van der Waals surface area (Å²) < 4.78 is 0. The van der Waals surface area contributed by atoms with Crippen molar-refractivity contribution < 1.29 is 0 Å². The van der Waals surface area contributed by atoms with Crippen molar-refractivity contribution in [2.24, 2.45) is 0 Å². The van der Waals surface area contributed by atoms with Crippen LogP contribution in [0.1, 0.15) is 44.9 Å². The summed E-state index contributed by atoms with van der Waals surface area (Å²) in [6.07, 6.45) is 10.2. The van der Waals surface area contributed by atoms with Crippen molar-refractivity contribution in [3.63, 3.8) is 0 Å². The maximum atomic E-state index is 2.26. The van der Waals surface area contributed by atoms with E-state index in [0.29, 0.717) is 0 Å². The molecule has 1 aliphatic rings. The van der Waals surface area contributed by atoms with E-state index >= 15 is 0 Å². The molecule has 0 bridgehead atoms. The topological polar surface area (TPSA) is 0 Å². The third-order valence-corrected chi connectivity index (χ3v) is 4.64. The molecule has 1 saturated carbocycles. The van der Waals surface area contributed by atoms with Gasteiger partial charge in [0.1, 0.15) is 0 Å². The molecule has 0 nitrogen and oxygen atoms in total. The van der Waals surface area contributed by atoms with E-state index in [1.807, 2.05) is 0 Å². The van der Waals surface area contributed by atoms with Crippen molar-refractivity contribution >= 4 is 13.9 Å². The van der Waals surface area contributed by atoms with E-state index in [2.05, 4.69) is 30.3 Å². The third kappa shape index (κ3) is 3.95. The normalized spacial score (nSPS) is 20.3. The Morgan fingerprint density at radius 3 is 2.07 bits per heavy atom. The largest absolute Gasteiger partial charge is 0.0622 e. The lowest BCUT2D eigenvalue weighted by Gasteiger charge is -2.18. The first kappa shape index (κ1) is 11.1. The second-order valence-electron chi connectivity index (χ2n) is 4.46. The second-order valence-corrected chi connectivity index (χ2v) is 5.97. The summed E-state index contributed by atoms with van der Waals surface area (Å²) in [5.74, 6) is 0. The molecular formula is C14H20P. The Morgan fingerprint density at radius 1 is 0.800 bits per heavy atom. The molecule has 1 aliphatic carbocycles. The molecule has 15 heavy (non-hydrogen) atoms. The van der Waals surface area contributed by atoms with Crippen LogP contribution in [0.5, 0.6) is 0 Å². The maximum Gasteiger partial charge on any atom is -0.0127 e. The highest BCUT2D eigenvalue weighted by Crippen LogP contribution is 2.30. The van der Waals surface area contributed by atoms with Crippen molar-refractivity contribution in [2.75, 3.05) is 0 Å². The third-order valence-electron chi connectivity index (χ3n) is 3.16. The van der Waals surface area contributed by atoms with Gasteiger partial charge in [0.05, 0.1) is 0 Å². The lowest BCUT2D eigenvalue weighted by molar-refractivity contribution is 0.512. The van der Waals surface area contributed by atoms with Crippen LogP contribution in [-0.4, -0.2) is 5.66 Å². The Kier molecular flexibility index (Phi) is 4.67. The fraction of sp³-hybridized carbons (Fsp3) is 0.571. The average molecular weight is 219 g/mol. The van der Waals surface area contributed by atoms with E-state index in [1.165, 1.54) is 50.3 Å². The molecule has 0 aromatic heterocycles. The van der Waals surface area contributed by atoms with Crippen molar-refractivity contribution in [1.82, 2.24) is 0 Å². The van der Waals surface area contributed by atoms with Gasteiger partial charge in [-0.2, -0.15) is 0 Å². The summed E-state index contributed by atoms with van der Waals surface area (Å²) in [5.41, 5.74) is 0.924. The standard InChI is InChI=1S/C14H20P/c1-2-5-9-13(10-6-3-1)15-14-11-7-4-8-12-14/h4,7-8,11-13H,1-3,5-6,9-10H2. The van der Waals surface area contributed by atoms with Gasteiger partial charge in [-0.1, -0.05) is 62.4 Å². The Hall–Kier alpha value is -0.350. The van der Waals surface area contributed by atoms with Crippen LogP contribution in [-0.2, 0) is 0 Å². The van der Waals surface area contributed by atoms with E-state index in [0.717, 1.165) is 5.66 Å². The maximum absolute atomic E-state index is 2.26. The van der Waals surface area contributed by atoms with Crippen LogP contribution in [0.4, 0.5) is 0 Å². The summed E-state index contributed by atoms with van der Waals surface area (Å²) >= 11 is 0. The zero-order valence-corrected chi connectivity index (χ0v) is 10.3. The van der Waals surface area contributed by atoms with E-state index in [4.69, 9.17) is 0 Å². The Labute approximate surface area is 95.3 Å². The van der Waals surface area contributed by atoms with Gasteiger partial charge < -0.3 is 0 Å². The van der Waals surface area contributed by atoms with Crippen LogP contribution in [0.25, 0.3) is 0 Å². The van der Waals surface area contributed by atoms with Crippen LogP contribution in [0.15, 0.2) is 30.3 Å². The number of hydrogen-bond acceptors (Lipinski definition) is 0. The van der Waals surface area contributed by atoms with Crippen molar-refractivity contribution in [1.29, 1.82) is 0 Å². The zero-order chi connectivity index (χ0) is 10.3. The predicted octanol–water partition coefficient (Wildman–Crippen LogP) is 4.37. The highest BCUT2D eigenvalue weighted by Gasteiger charge is 2.12. The minimum Gasteiger partial charge on any atom is -0.0622 e. The zero-order valence-electron chi connectivity index (χ0n) is 9.36. The molecule has 1 fully saturated rings. The molecule has 2 rings (SSSR count). The molecule has 1 aromatic carbocycles. The van der Waals surface area contributed by atoms with Crippen LogP contribution < -0.4 is 5.30 Å². The summed E-state index contributed by atoms with van der Waals surface area (Å²) in [6.45, 7) is 0. The Bertz CT molecular complexity index is 260. The van der Waals surface area contributed by atoms with E-state index < -0.39 is 0 Å². The first-order valence-electron chi connectivity index (χ1n) is 6.21. The van der Waals surface area contributed by atoms with Crippen molar-refractivity contribution in [2.45, 2.75) is 50.6 Å². The number of hydrogen-bond donors (Lipinski definition) is 0. The van der Waals surface area contributed by atoms with E-state index in [1.54, 1.807) is 8.58 Å². The highest BCUT2D eigenvalue weighted by atomic mass is 31.1. The van der Waals surface area contributed by atoms with Crippen molar-refractivity contribution in [3.05, 3.63) is 30.3 Å². The lowest BCUT2D eigenvalue weighted by Crippen LogP contribution is -2.08. The predicted molar refractivity (Wildman–Crippen MR) is 69.1 cm³/mol. The molecule has 0 N–H and O–H groups in total. The molecular weight excluding hydrogens is 199 g/mol. The summed E-state index contributed by atoms with van der Waals surface area (Å²) in [5, 5.41) is 1.50. The average Bonchev–Trinajstić information content (AvgIpc) is 2.23. The SMILES string of the molecule is c1ccc([P]C2CCCCCCC2)cc1. The van der Waals surface area contributed by atoms with Gasteiger partial charge in [-0.05, 0) is 32.4 Å². The smallest absolute Gasteiger partial charge is 0.0127 e. The van der Waals surface area contributed by atoms with Gasteiger partial charge in [0.25, 0.3) is 0 Å². The fourth-order valence-electron chi connectivity index (χ4n) is 2.29. The molecule has 0 aliphatic heterocycles. The molecule has 0 unspecified atom stereocenters. The summed E-state index contributed by atoms with van der Waals surface area (Å²) in [7, 11) is 1.57. The first-order valence-corrected chi connectivity index (χ1v) is 7.17. The molecule has 0 spiro atoms. The first-order chi connectivity index (χ1) is 7.45. The van der Waals surface area contributed by atoms with Crippen LogP contribution in [0, 0.1) is 0 Å². The monoisotopic (exact) mass is 219 g/mol. The van der Waals surface area contributed by atoms with Gasteiger partial charge in [-0.15, -0.1) is 0 Å². The molecule has 1 radical (unpaired) electrons.